The highest BCUT2D eigenvalue weighted by Crippen LogP contribution is 2.27. The average Bonchev–Trinajstić information content (AvgIpc) is 3.42. The SMILES string of the molecule is NS(=O)(=O)c1ccccc1-c1ccc(CNC(=O)C2CCCC2)cc1.O=CNCc1ccc(F)cc1F. The minimum absolute atomic E-state index is 0.0790. The molecule has 0 unspecified atom stereocenters. The lowest BCUT2D eigenvalue weighted by atomic mass is 10.0. The molecule has 3 aromatic rings. The molecule has 4 N–H and O–H groups in total. The van der Waals surface area contributed by atoms with Crippen molar-refractivity contribution < 1.29 is 26.8 Å². The molecule has 0 saturated heterocycles. The summed E-state index contributed by atoms with van der Waals surface area (Å²) in [4.78, 5) is 22.0. The van der Waals surface area contributed by atoms with Crippen LogP contribution in [0.2, 0.25) is 0 Å². The number of nitrogens with one attached hydrogen (secondary N) is 2. The Hall–Kier alpha value is -3.63. The molecule has 3 aromatic carbocycles. The number of carbonyl (C=O) groups is 2. The Kier molecular flexibility index (Phi) is 9.87. The van der Waals surface area contributed by atoms with Crippen LogP contribution in [0.15, 0.2) is 71.6 Å². The van der Waals surface area contributed by atoms with Crippen molar-refractivity contribution in [2.45, 2.75) is 43.7 Å². The molecule has 1 fully saturated rings. The number of benzene rings is 3. The molecular formula is C27H29F2N3O4S. The average molecular weight is 530 g/mol. The van der Waals surface area contributed by atoms with E-state index in [1.54, 1.807) is 18.2 Å². The van der Waals surface area contributed by atoms with E-state index in [1.807, 2.05) is 24.3 Å². The van der Waals surface area contributed by atoms with Crippen molar-refractivity contribution in [1.29, 1.82) is 0 Å². The molecule has 0 aromatic heterocycles. The van der Waals surface area contributed by atoms with E-state index in [2.05, 4.69) is 10.6 Å². The minimum Gasteiger partial charge on any atom is -0.354 e. The van der Waals surface area contributed by atoms with Crippen LogP contribution in [0, 0.1) is 17.6 Å². The van der Waals surface area contributed by atoms with Crippen LogP contribution in [0.5, 0.6) is 0 Å². The van der Waals surface area contributed by atoms with Crippen molar-refractivity contribution in [1.82, 2.24) is 10.6 Å². The molecule has 0 spiro atoms. The fourth-order valence-corrected chi connectivity index (χ4v) is 4.85. The summed E-state index contributed by atoms with van der Waals surface area (Å²) in [6.07, 6.45) is 4.69. The number of hydrogen-bond donors (Lipinski definition) is 3. The van der Waals surface area contributed by atoms with Crippen LogP contribution in [0.4, 0.5) is 8.78 Å². The van der Waals surface area contributed by atoms with Gasteiger partial charge >= 0.3 is 0 Å². The zero-order valence-corrected chi connectivity index (χ0v) is 20.9. The molecule has 7 nitrogen and oxygen atoms in total. The summed E-state index contributed by atoms with van der Waals surface area (Å²) in [5.41, 5.74) is 2.59. The van der Waals surface area contributed by atoms with Gasteiger partial charge in [-0.2, -0.15) is 0 Å². The summed E-state index contributed by atoms with van der Waals surface area (Å²) < 4.78 is 48.6. The molecule has 0 atom stereocenters. The van der Waals surface area contributed by atoms with Crippen LogP contribution in [-0.2, 0) is 32.7 Å². The van der Waals surface area contributed by atoms with Gasteiger partial charge in [0.2, 0.25) is 22.3 Å². The molecule has 196 valence electrons. The van der Waals surface area contributed by atoms with E-state index >= 15 is 0 Å². The summed E-state index contributed by atoms with van der Waals surface area (Å²) in [7, 11) is -3.78. The van der Waals surface area contributed by atoms with Gasteiger partial charge in [0.15, 0.2) is 0 Å². The van der Waals surface area contributed by atoms with Gasteiger partial charge in [-0.1, -0.05) is 61.4 Å². The Bertz CT molecular complexity index is 1330. The summed E-state index contributed by atoms with van der Waals surface area (Å²) in [6.45, 7) is 0.558. The van der Waals surface area contributed by atoms with Crippen LogP contribution in [0.25, 0.3) is 11.1 Å². The van der Waals surface area contributed by atoms with E-state index < -0.39 is 21.7 Å². The van der Waals surface area contributed by atoms with E-state index in [4.69, 9.17) is 5.14 Å². The lowest BCUT2D eigenvalue weighted by Gasteiger charge is -2.11. The van der Waals surface area contributed by atoms with Crippen LogP contribution >= 0.6 is 0 Å². The second-order valence-electron chi connectivity index (χ2n) is 8.67. The van der Waals surface area contributed by atoms with E-state index in [0.29, 0.717) is 18.5 Å². The highest BCUT2D eigenvalue weighted by Gasteiger charge is 2.22. The van der Waals surface area contributed by atoms with Crippen molar-refractivity contribution in [2.75, 3.05) is 0 Å². The van der Waals surface area contributed by atoms with Gasteiger partial charge in [-0.05, 0) is 36.1 Å². The first-order chi connectivity index (χ1) is 17.7. The number of sulfonamides is 1. The molecule has 1 saturated carbocycles. The van der Waals surface area contributed by atoms with Crippen molar-refractivity contribution in [3.05, 3.63) is 89.5 Å². The van der Waals surface area contributed by atoms with Crippen LogP contribution < -0.4 is 15.8 Å². The number of primary sulfonamides is 1. The molecule has 0 heterocycles. The Morgan fingerprint density at radius 2 is 1.65 bits per heavy atom. The summed E-state index contributed by atoms with van der Waals surface area (Å²) in [5, 5.41) is 10.6. The molecule has 1 aliphatic rings. The third-order valence-electron chi connectivity index (χ3n) is 6.04. The predicted molar refractivity (Wildman–Crippen MR) is 136 cm³/mol. The topological polar surface area (TPSA) is 118 Å². The van der Waals surface area contributed by atoms with Crippen LogP contribution in [0.3, 0.4) is 0 Å². The summed E-state index contributed by atoms with van der Waals surface area (Å²) in [5.74, 6) is -0.992. The zero-order chi connectivity index (χ0) is 26.8. The molecule has 37 heavy (non-hydrogen) atoms. The second-order valence-corrected chi connectivity index (χ2v) is 10.2. The van der Waals surface area contributed by atoms with Gasteiger partial charge in [-0.3, -0.25) is 9.59 Å². The fraction of sp³-hybridized carbons (Fsp3) is 0.259. The van der Waals surface area contributed by atoms with Crippen LogP contribution in [-0.4, -0.2) is 20.7 Å². The lowest BCUT2D eigenvalue weighted by molar-refractivity contribution is -0.125. The molecule has 4 rings (SSSR count). The van der Waals surface area contributed by atoms with Crippen molar-refractivity contribution >= 4 is 22.3 Å². The number of rotatable bonds is 8. The molecule has 0 bridgehead atoms. The monoisotopic (exact) mass is 529 g/mol. The number of hydrogen-bond acceptors (Lipinski definition) is 4. The van der Waals surface area contributed by atoms with Crippen molar-refractivity contribution in [2.24, 2.45) is 11.1 Å². The predicted octanol–water partition coefficient (Wildman–Crippen LogP) is 4.02. The highest BCUT2D eigenvalue weighted by molar-refractivity contribution is 7.89. The third kappa shape index (κ3) is 8.19. The maximum atomic E-state index is 12.8. The minimum atomic E-state index is -3.78. The number of carbonyl (C=O) groups excluding carboxylic acids is 2. The maximum absolute atomic E-state index is 12.8. The zero-order valence-electron chi connectivity index (χ0n) is 20.1. The van der Waals surface area contributed by atoms with Gasteiger partial charge in [0.05, 0.1) is 4.90 Å². The number of amides is 2. The smallest absolute Gasteiger partial charge is 0.238 e. The molecule has 2 amide bonds. The van der Waals surface area contributed by atoms with Crippen molar-refractivity contribution in [3.8, 4) is 11.1 Å². The Balaban J connectivity index is 0.000000266. The quantitative estimate of drug-likeness (QED) is 0.382. The normalized spacial score (nSPS) is 13.4. The number of halogens is 2. The second kappa shape index (κ2) is 13.1. The first-order valence-electron chi connectivity index (χ1n) is 11.8. The third-order valence-corrected chi connectivity index (χ3v) is 7.01. The lowest BCUT2D eigenvalue weighted by Crippen LogP contribution is -2.28. The molecule has 10 heteroatoms. The standard InChI is InChI=1S/C19H22N2O3S.C8H7F2NO/c20-25(23,24)18-8-4-3-7-17(18)15-11-9-14(10-12-15)13-21-19(22)16-5-1-2-6-16;9-7-2-1-6(4-11-5-12)8(10)3-7/h3-4,7-12,16H,1-2,5-6,13H2,(H,21,22)(H2,20,23,24);1-3,5H,4H2,(H,11,12). The van der Waals surface area contributed by atoms with E-state index in [0.717, 1.165) is 48.9 Å². The number of nitrogens with two attached hydrogens (primary N) is 1. The van der Waals surface area contributed by atoms with Crippen LogP contribution in [0.1, 0.15) is 36.8 Å². The van der Waals surface area contributed by atoms with Gasteiger partial charge in [-0.15, -0.1) is 0 Å². The van der Waals surface area contributed by atoms with E-state index in [1.165, 1.54) is 12.1 Å². The van der Waals surface area contributed by atoms with Crippen molar-refractivity contribution in [3.63, 3.8) is 0 Å². The summed E-state index contributed by atoms with van der Waals surface area (Å²) in [6, 6.07) is 17.4. The van der Waals surface area contributed by atoms with Gasteiger partial charge < -0.3 is 10.6 Å². The Labute approximate surface area is 215 Å². The summed E-state index contributed by atoms with van der Waals surface area (Å²) >= 11 is 0. The highest BCUT2D eigenvalue weighted by atomic mass is 32.2. The molecule has 1 aliphatic carbocycles. The van der Waals surface area contributed by atoms with Gasteiger partial charge in [0, 0.05) is 36.2 Å². The van der Waals surface area contributed by atoms with Gasteiger partial charge in [0.1, 0.15) is 11.6 Å². The maximum Gasteiger partial charge on any atom is 0.238 e. The largest absolute Gasteiger partial charge is 0.354 e. The first kappa shape index (κ1) is 27.9. The van der Waals surface area contributed by atoms with E-state index in [-0.39, 0.29) is 28.8 Å². The molecule has 0 radical (unpaired) electrons. The van der Waals surface area contributed by atoms with Gasteiger partial charge in [0.25, 0.3) is 0 Å². The Morgan fingerprint density at radius 1 is 0.973 bits per heavy atom. The van der Waals surface area contributed by atoms with E-state index in [9.17, 15) is 26.8 Å². The first-order valence-corrected chi connectivity index (χ1v) is 13.3. The van der Waals surface area contributed by atoms with Gasteiger partial charge in [-0.25, -0.2) is 22.3 Å². The molecule has 0 aliphatic heterocycles. The molecular weight excluding hydrogens is 500 g/mol. The fourth-order valence-electron chi connectivity index (χ4n) is 4.09. The Morgan fingerprint density at radius 3 is 2.27 bits per heavy atom.